The van der Waals surface area contributed by atoms with Crippen LogP contribution in [0.2, 0.25) is 0 Å². The summed E-state index contributed by atoms with van der Waals surface area (Å²) in [5, 5.41) is 14.1. The summed E-state index contributed by atoms with van der Waals surface area (Å²) in [7, 11) is 0. The molecule has 1 rings (SSSR count). The van der Waals surface area contributed by atoms with Gasteiger partial charge in [-0.05, 0) is 18.1 Å². The maximum absolute atomic E-state index is 11.6. The van der Waals surface area contributed by atoms with Gasteiger partial charge in [0, 0.05) is 11.8 Å². The average molecular weight is 295 g/mol. The Labute approximate surface area is 123 Å². The third-order valence-electron chi connectivity index (χ3n) is 2.46. The molecule has 0 aliphatic rings. The Morgan fingerprint density at radius 1 is 1.38 bits per heavy atom. The van der Waals surface area contributed by atoms with E-state index >= 15 is 0 Å². The molecule has 0 saturated heterocycles. The third kappa shape index (κ3) is 6.62. The molecule has 0 radical (unpaired) electrons. The highest BCUT2D eigenvalue weighted by molar-refractivity contribution is 5.90. The quantitative estimate of drug-likeness (QED) is 0.592. The van der Waals surface area contributed by atoms with Crippen molar-refractivity contribution in [2.24, 2.45) is 11.7 Å². The Morgan fingerprint density at radius 3 is 2.71 bits per heavy atom. The van der Waals surface area contributed by atoms with Crippen LogP contribution >= 0.6 is 0 Å². The number of carbonyl (C=O) groups is 2. The molecule has 7 nitrogen and oxygen atoms in total. The fraction of sp³-hybridized carbons (Fsp3) is 0.429. The number of nitrogens with one attached hydrogen (secondary N) is 2. The maximum atomic E-state index is 11.6. The van der Waals surface area contributed by atoms with Crippen molar-refractivity contribution in [3.05, 3.63) is 24.3 Å². The number of ether oxygens (including phenoxy) is 1. The number of aliphatic hydroxyl groups excluding tert-OH is 1. The van der Waals surface area contributed by atoms with E-state index < -0.39 is 18.0 Å². The van der Waals surface area contributed by atoms with Crippen LogP contribution in [0.1, 0.15) is 13.8 Å². The molecule has 21 heavy (non-hydrogen) atoms. The van der Waals surface area contributed by atoms with Gasteiger partial charge in [0.15, 0.2) is 0 Å². The number of carbonyl (C=O) groups excluding carboxylic acids is 2. The normalized spacial score (nSPS) is 11.8. The molecule has 116 valence electrons. The van der Waals surface area contributed by atoms with Gasteiger partial charge in [-0.2, -0.15) is 0 Å². The summed E-state index contributed by atoms with van der Waals surface area (Å²) in [6, 6.07) is 6.39. The van der Waals surface area contributed by atoms with Crippen LogP contribution in [-0.4, -0.2) is 36.3 Å². The zero-order valence-electron chi connectivity index (χ0n) is 12.1. The molecule has 7 heteroatoms. The molecule has 0 bridgehead atoms. The summed E-state index contributed by atoms with van der Waals surface area (Å²) in [5.41, 5.74) is 5.42. The van der Waals surface area contributed by atoms with Crippen molar-refractivity contribution in [2.45, 2.75) is 20.0 Å². The van der Waals surface area contributed by atoms with E-state index in [0.717, 1.165) is 0 Å². The van der Waals surface area contributed by atoms with Crippen LogP contribution in [0.3, 0.4) is 0 Å². The molecule has 0 fully saturated rings. The highest BCUT2D eigenvalue weighted by atomic mass is 16.5. The second kappa shape index (κ2) is 8.11. The van der Waals surface area contributed by atoms with Crippen LogP contribution < -0.4 is 21.1 Å². The van der Waals surface area contributed by atoms with Crippen molar-refractivity contribution in [2.75, 3.05) is 18.5 Å². The summed E-state index contributed by atoms with van der Waals surface area (Å²) >= 11 is 0. The van der Waals surface area contributed by atoms with Crippen molar-refractivity contribution < 1.29 is 19.4 Å². The summed E-state index contributed by atoms with van der Waals surface area (Å²) < 4.78 is 5.55. The van der Waals surface area contributed by atoms with Gasteiger partial charge in [0.1, 0.15) is 11.9 Å². The molecule has 0 heterocycles. The van der Waals surface area contributed by atoms with Crippen LogP contribution in [0.25, 0.3) is 0 Å². The van der Waals surface area contributed by atoms with Gasteiger partial charge < -0.3 is 26.2 Å². The lowest BCUT2D eigenvalue weighted by Crippen LogP contribution is -2.41. The molecule has 3 amide bonds. The first kappa shape index (κ1) is 16.8. The Balaban J connectivity index is 2.48. The number of aliphatic hydroxyl groups is 1. The monoisotopic (exact) mass is 295 g/mol. The number of benzene rings is 1. The molecule has 1 atom stereocenters. The smallest absolute Gasteiger partial charge is 0.319 e. The van der Waals surface area contributed by atoms with Crippen molar-refractivity contribution in [1.29, 1.82) is 0 Å². The average Bonchev–Trinajstić information content (AvgIpc) is 2.42. The Kier molecular flexibility index (Phi) is 6.48. The Hall–Kier alpha value is -2.28. The van der Waals surface area contributed by atoms with Crippen LogP contribution in [0, 0.1) is 5.92 Å². The number of urea groups is 1. The predicted octanol–water partition coefficient (Wildman–Crippen LogP) is 0.689. The summed E-state index contributed by atoms with van der Waals surface area (Å²) in [4.78, 5) is 22.2. The van der Waals surface area contributed by atoms with Crippen molar-refractivity contribution in [1.82, 2.24) is 5.32 Å². The van der Waals surface area contributed by atoms with Crippen LogP contribution in [0.15, 0.2) is 24.3 Å². The van der Waals surface area contributed by atoms with E-state index in [1.807, 2.05) is 13.8 Å². The second-order valence-corrected chi connectivity index (χ2v) is 4.99. The molecular formula is C14H21N3O4. The number of primary amides is 1. The van der Waals surface area contributed by atoms with Crippen LogP contribution in [0.5, 0.6) is 5.75 Å². The molecule has 0 unspecified atom stereocenters. The third-order valence-corrected chi connectivity index (χ3v) is 2.46. The predicted molar refractivity (Wildman–Crippen MR) is 79.0 cm³/mol. The number of hydrogen-bond donors (Lipinski definition) is 4. The number of hydrogen-bond acceptors (Lipinski definition) is 4. The molecule has 1 aromatic rings. The fourth-order valence-corrected chi connectivity index (χ4v) is 1.39. The lowest BCUT2D eigenvalue weighted by molar-refractivity contribution is -0.125. The van der Waals surface area contributed by atoms with Gasteiger partial charge >= 0.3 is 6.03 Å². The Morgan fingerprint density at radius 2 is 2.10 bits per heavy atom. The lowest BCUT2D eigenvalue weighted by atomic mass is 10.2. The summed E-state index contributed by atoms with van der Waals surface area (Å²) in [6.45, 7) is 4.42. The SMILES string of the molecule is CC(C)COc1cccc(NC(=O)NC[C@@H](O)C(N)=O)c1. The topological polar surface area (TPSA) is 114 Å². The lowest BCUT2D eigenvalue weighted by Gasteiger charge is -2.12. The first-order valence-electron chi connectivity index (χ1n) is 6.63. The fourth-order valence-electron chi connectivity index (χ4n) is 1.39. The van der Waals surface area contributed by atoms with E-state index in [4.69, 9.17) is 10.5 Å². The van der Waals surface area contributed by atoms with E-state index in [2.05, 4.69) is 10.6 Å². The number of nitrogens with two attached hydrogens (primary N) is 1. The first-order chi connectivity index (χ1) is 9.88. The minimum absolute atomic E-state index is 0.245. The zero-order valence-corrected chi connectivity index (χ0v) is 12.1. The molecule has 0 spiro atoms. The van der Waals surface area contributed by atoms with Crippen LogP contribution in [0.4, 0.5) is 10.5 Å². The number of amides is 3. The minimum Gasteiger partial charge on any atom is -0.493 e. The van der Waals surface area contributed by atoms with Crippen LogP contribution in [-0.2, 0) is 4.79 Å². The van der Waals surface area contributed by atoms with E-state index in [-0.39, 0.29) is 6.54 Å². The van der Waals surface area contributed by atoms with Crippen molar-refractivity contribution in [3.8, 4) is 5.75 Å². The molecular weight excluding hydrogens is 274 g/mol. The van der Waals surface area contributed by atoms with Crippen molar-refractivity contribution >= 4 is 17.6 Å². The zero-order chi connectivity index (χ0) is 15.8. The van der Waals surface area contributed by atoms with Gasteiger partial charge in [0.25, 0.3) is 0 Å². The number of anilines is 1. The van der Waals surface area contributed by atoms with E-state index in [0.29, 0.717) is 24.0 Å². The van der Waals surface area contributed by atoms with Gasteiger partial charge in [0.05, 0.1) is 13.2 Å². The molecule has 0 aliphatic heterocycles. The van der Waals surface area contributed by atoms with Gasteiger partial charge in [-0.25, -0.2) is 4.79 Å². The highest BCUT2D eigenvalue weighted by Gasteiger charge is 2.12. The molecule has 0 aromatic heterocycles. The minimum atomic E-state index is -1.41. The van der Waals surface area contributed by atoms with Crippen molar-refractivity contribution in [3.63, 3.8) is 0 Å². The second-order valence-electron chi connectivity index (χ2n) is 4.99. The molecule has 0 aliphatic carbocycles. The van der Waals surface area contributed by atoms with Gasteiger partial charge in [-0.15, -0.1) is 0 Å². The van der Waals surface area contributed by atoms with Gasteiger partial charge in [-0.3, -0.25) is 4.79 Å². The van der Waals surface area contributed by atoms with Gasteiger partial charge in [-0.1, -0.05) is 19.9 Å². The maximum Gasteiger partial charge on any atom is 0.319 e. The molecule has 1 aromatic carbocycles. The highest BCUT2D eigenvalue weighted by Crippen LogP contribution is 2.17. The van der Waals surface area contributed by atoms with E-state index in [1.165, 1.54) is 0 Å². The standard InChI is InChI=1S/C14H21N3O4/c1-9(2)8-21-11-5-3-4-10(6-11)17-14(20)16-7-12(18)13(15)19/h3-6,9,12,18H,7-8H2,1-2H3,(H2,15,19)(H2,16,17,20)/t12-/m1/s1. The Bertz CT molecular complexity index is 491. The summed E-state index contributed by atoms with van der Waals surface area (Å²) in [6.07, 6.45) is -1.41. The largest absolute Gasteiger partial charge is 0.493 e. The summed E-state index contributed by atoms with van der Waals surface area (Å²) in [5.74, 6) is 0.165. The first-order valence-corrected chi connectivity index (χ1v) is 6.63. The molecule has 5 N–H and O–H groups in total. The molecule has 0 saturated carbocycles. The van der Waals surface area contributed by atoms with E-state index in [1.54, 1.807) is 24.3 Å². The van der Waals surface area contributed by atoms with E-state index in [9.17, 15) is 14.7 Å². The number of rotatable bonds is 7. The van der Waals surface area contributed by atoms with Gasteiger partial charge in [0.2, 0.25) is 5.91 Å².